The summed E-state index contributed by atoms with van der Waals surface area (Å²) >= 11 is 0. The number of aromatic nitrogens is 5. The number of rotatable bonds is 18. The van der Waals surface area contributed by atoms with Gasteiger partial charge in [0.15, 0.2) is 0 Å². The van der Waals surface area contributed by atoms with Crippen LogP contribution in [0.25, 0.3) is 0 Å². The van der Waals surface area contributed by atoms with E-state index in [1.807, 2.05) is 17.9 Å². The van der Waals surface area contributed by atoms with E-state index in [9.17, 15) is 9.59 Å². The van der Waals surface area contributed by atoms with Gasteiger partial charge in [0.2, 0.25) is 11.9 Å². The zero-order valence-corrected chi connectivity index (χ0v) is 26.7. The Bertz CT molecular complexity index is 1200. The fraction of sp³-hybridized carbons (Fsp3) is 0.733. The molecule has 2 aromatic heterocycles. The molecule has 0 unspecified atom stereocenters. The molecule has 1 aliphatic carbocycles. The van der Waals surface area contributed by atoms with Crippen molar-refractivity contribution in [1.29, 1.82) is 0 Å². The Balaban J connectivity index is 1.13. The summed E-state index contributed by atoms with van der Waals surface area (Å²) in [6.45, 7) is 5.45. The van der Waals surface area contributed by atoms with E-state index in [0.717, 1.165) is 63.6 Å². The first-order valence-electron chi connectivity index (χ1n) is 16.5. The molecule has 0 aromatic carbocycles. The molecule has 2 aliphatic rings. The lowest BCUT2D eigenvalue weighted by atomic mass is 9.95. The first kappa shape index (κ1) is 34.3. The highest BCUT2D eigenvalue weighted by Gasteiger charge is 2.27. The fourth-order valence-corrected chi connectivity index (χ4v) is 5.98. The number of aliphatic carboxylic acids is 1. The Morgan fingerprint density at radius 3 is 2.60 bits per heavy atom. The van der Waals surface area contributed by atoms with Crippen molar-refractivity contribution in [2.75, 3.05) is 55.7 Å². The highest BCUT2D eigenvalue weighted by molar-refractivity contribution is 5.78. The number of hydrogen-bond donors (Lipinski definition) is 6. The molecule has 45 heavy (non-hydrogen) atoms. The quantitative estimate of drug-likeness (QED) is 0.128. The van der Waals surface area contributed by atoms with Crippen molar-refractivity contribution in [2.45, 2.75) is 102 Å². The molecule has 15 nitrogen and oxygen atoms in total. The van der Waals surface area contributed by atoms with E-state index in [2.05, 4.69) is 41.1 Å². The van der Waals surface area contributed by atoms with Crippen LogP contribution < -0.4 is 32.3 Å². The van der Waals surface area contributed by atoms with Crippen LogP contribution in [-0.2, 0) is 22.7 Å². The minimum absolute atomic E-state index is 0.0628. The summed E-state index contributed by atoms with van der Waals surface area (Å²) in [7, 11) is 1.97. The Labute approximate surface area is 265 Å². The lowest BCUT2D eigenvalue weighted by molar-refractivity contribution is -0.139. The third kappa shape index (κ3) is 11.4. The van der Waals surface area contributed by atoms with Crippen LogP contribution in [0.3, 0.4) is 0 Å². The number of amides is 1. The minimum Gasteiger partial charge on any atom is -0.480 e. The van der Waals surface area contributed by atoms with Crippen LogP contribution in [0.2, 0.25) is 0 Å². The van der Waals surface area contributed by atoms with Gasteiger partial charge in [-0.15, -0.1) is 5.10 Å². The molecule has 2 fully saturated rings. The summed E-state index contributed by atoms with van der Waals surface area (Å²) in [5.41, 5.74) is 12.4. The van der Waals surface area contributed by atoms with Crippen molar-refractivity contribution < 1.29 is 14.7 Å². The number of carboxylic acids is 1. The first-order chi connectivity index (χ1) is 21.8. The van der Waals surface area contributed by atoms with E-state index in [-0.39, 0.29) is 24.8 Å². The topological polar surface area (TPSA) is 205 Å². The molecule has 3 heterocycles. The van der Waals surface area contributed by atoms with Gasteiger partial charge in [-0.1, -0.05) is 24.5 Å². The van der Waals surface area contributed by atoms with Crippen molar-refractivity contribution in [2.24, 2.45) is 5.73 Å². The minimum atomic E-state index is -1.09. The van der Waals surface area contributed by atoms with Gasteiger partial charge in [0.1, 0.15) is 23.4 Å². The van der Waals surface area contributed by atoms with Crippen molar-refractivity contribution in [3.05, 3.63) is 18.0 Å². The molecule has 15 heteroatoms. The second kappa shape index (κ2) is 17.8. The van der Waals surface area contributed by atoms with E-state index in [1.165, 1.54) is 32.1 Å². The molecule has 1 saturated heterocycles. The first-order valence-corrected chi connectivity index (χ1v) is 16.5. The number of aryl methyl sites for hydroxylation is 1. The van der Waals surface area contributed by atoms with Crippen LogP contribution in [0, 0.1) is 0 Å². The second-order valence-electron chi connectivity index (χ2n) is 12.3. The number of nitrogens with zero attached hydrogens (tertiary/aromatic N) is 7. The fourth-order valence-electron chi connectivity index (χ4n) is 5.98. The summed E-state index contributed by atoms with van der Waals surface area (Å²) in [4.78, 5) is 36.3. The molecular formula is C30H52N12O3. The zero-order valence-electron chi connectivity index (χ0n) is 26.7. The molecule has 0 bridgehead atoms. The van der Waals surface area contributed by atoms with Gasteiger partial charge in [-0.2, -0.15) is 9.97 Å². The Morgan fingerprint density at radius 2 is 1.84 bits per heavy atom. The normalized spacial score (nSPS) is 16.9. The van der Waals surface area contributed by atoms with E-state index >= 15 is 0 Å². The van der Waals surface area contributed by atoms with Gasteiger partial charge in [-0.3, -0.25) is 14.3 Å². The van der Waals surface area contributed by atoms with Gasteiger partial charge < -0.3 is 42.3 Å². The SMILES string of the molecule is CN(c1cc(N)nc(NCc2cn(CCCNCCCNC3CCCCC3)nn2)n1)C1CCN(C(=O)CC[C@H](N)C(=O)O)CC1. The lowest BCUT2D eigenvalue weighted by Gasteiger charge is -2.37. The van der Waals surface area contributed by atoms with Crippen LogP contribution >= 0.6 is 0 Å². The maximum absolute atomic E-state index is 12.5. The number of likely N-dealkylation sites (tertiary alicyclic amines) is 1. The highest BCUT2D eigenvalue weighted by Crippen LogP contribution is 2.24. The maximum atomic E-state index is 12.5. The molecule has 250 valence electrons. The number of piperidine rings is 1. The number of hydrogen-bond acceptors (Lipinski definition) is 12. The summed E-state index contributed by atoms with van der Waals surface area (Å²) < 4.78 is 1.86. The van der Waals surface area contributed by atoms with Gasteiger partial charge in [0.05, 0.1) is 12.7 Å². The van der Waals surface area contributed by atoms with E-state index in [4.69, 9.17) is 16.6 Å². The van der Waals surface area contributed by atoms with E-state index < -0.39 is 12.0 Å². The van der Waals surface area contributed by atoms with Gasteiger partial charge in [-0.25, -0.2) is 0 Å². The molecule has 0 radical (unpaired) electrons. The number of carboxylic acid groups (broad SMARTS) is 1. The largest absolute Gasteiger partial charge is 0.480 e. The van der Waals surface area contributed by atoms with Gasteiger partial charge >= 0.3 is 5.97 Å². The van der Waals surface area contributed by atoms with Crippen molar-refractivity contribution in [3.63, 3.8) is 0 Å². The number of nitrogens with one attached hydrogen (secondary N) is 3. The van der Waals surface area contributed by atoms with Crippen LogP contribution in [-0.4, -0.2) is 105 Å². The number of nitrogen functional groups attached to an aromatic ring is 1. The van der Waals surface area contributed by atoms with E-state index in [0.29, 0.717) is 37.2 Å². The number of carbonyl (C=O) groups excluding carboxylic acids is 1. The lowest BCUT2D eigenvalue weighted by Crippen LogP contribution is -2.46. The predicted octanol–water partition coefficient (Wildman–Crippen LogP) is 1.17. The van der Waals surface area contributed by atoms with Crippen molar-refractivity contribution in [1.82, 2.24) is 40.5 Å². The maximum Gasteiger partial charge on any atom is 0.320 e. The zero-order chi connectivity index (χ0) is 32.0. The van der Waals surface area contributed by atoms with E-state index in [1.54, 1.807) is 11.0 Å². The summed E-state index contributed by atoms with van der Waals surface area (Å²) in [6, 6.07) is 1.62. The Hall–Kier alpha value is -3.56. The average molecular weight is 629 g/mol. The third-order valence-electron chi connectivity index (χ3n) is 8.77. The van der Waals surface area contributed by atoms with Crippen LogP contribution in [0.4, 0.5) is 17.6 Å². The molecule has 1 aliphatic heterocycles. The molecular weight excluding hydrogens is 576 g/mol. The van der Waals surface area contributed by atoms with Crippen LogP contribution in [0.1, 0.15) is 76.3 Å². The molecule has 1 saturated carbocycles. The predicted molar refractivity (Wildman–Crippen MR) is 174 cm³/mol. The summed E-state index contributed by atoms with van der Waals surface area (Å²) in [5, 5.41) is 27.9. The molecule has 8 N–H and O–H groups in total. The molecule has 1 amide bonds. The van der Waals surface area contributed by atoms with Crippen molar-refractivity contribution in [3.8, 4) is 0 Å². The molecule has 2 aromatic rings. The third-order valence-corrected chi connectivity index (χ3v) is 8.77. The van der Waals surface area contributed by atoms with Gasteiger partial charge in [0.25, 0.3) is 0 Å². The van der Waals surface area contributed by atoms with Gasteiger partial charge in [-0.05, 0) is 64.6 Å². The van der Waals surface area contributed by atoms with Crippen molar-refractivity contribution >= 4 is 29.5 Å². The highest BCUT2D eigenvalue weighted by atomic mass is 16.4. The summed E-state index contributed by atoms with van der Waals surface area (Å²) in [6.07, 6.45) is 12.6. The molecule has 4 rings (SSSR count). The molecule has 0 spiro atoms. The van der Waals surface area contributed by atoms with Gasteiger partial charge in [0, 0.05) is 51.3 Å². The molecule has 1 atom stereocenters. The Kier molecular flexibility index (Phi) is 13.6. The smallest absolute Gasteiger partial charge is 0.320 e. The standard InChI is InChI=1S/C30H52N12O3/c1-40(24-11-17-41(18-12-24)28(43)10-9-25(31)29(44)45)27-19-26(32)36-30(37-27)35-20-23-21-42(39-38-23)16-6-14-33-13-5-15-34-22-7-3-2-4-8-22/h19,21-22,24-25,33-34H,2-18,20,31H2,1H3,(H,44,45)(H3,32,35,36,37)/t25-/m0/s1. The average Bonchev–Trinajstić information content (AvgIpc) is 3.51. The second-order valence-corrected chi connectivity index (χ2v) is 12.3. The Morgan fingerprint density at radius 1 is 1.09 bits per heavy atom. The number of anilines is 3. The number of carbonyl (C=O) groups is 2. The number of nitrogens with two attached hydrogens (primary N) is 2. The van der Waals surface area contributed by atoms with Crippen LogP contribution in [0.5, 0.6) is 0 Å². The monoisotopic (exact) mass is 628 g/mol. The van der Waals surface area contributed by atoms with Crippen LogP contribution in [0.15, 0.2) is 12.3 Å². The summed E-state index contributed by atoms with van der Waals surface area (Å²) in [5.74, 6) is 0.318.